The van der Waals surface area contributed by atoms with Gasteiger partial charge in [-0.25, -0.2) is 0 Å². The molecule has 1 aromatic rings. The number of nitrogens with one attached hydrogen (secondary N) is 1. The molecule has 70 valence electrons. The second kappa shape index (κ2) is 4.79. The molecule has 0 aliphatic carbocycles. The van der Waals surface area contributed by atoms with E-state index in [0.29, 0.717) is 0 Å². The topological polar surface area (TPSA) is 15.8 Å². The van der Waals surface area contributed by atoms with Crippen molar-refractivity contribution in [3.63, 3.8) is 0 Å². The molecule has 1 nitrogen and oxygen atoms in total. The predicted molar refractivity (Wildman–Crippen MR) is 66.8 cm³/mol. The molecule has 0 saturated carbocycles. The van der Waals surface area contributed by atoms with Crippen LogP contribution >= 0.6 is 36.2 Å². The van der Waals surface area contributed by atoms with Crippen molar-refractivity contribution in [2.45, 2.75) is 13.8 Å². The van der Waals surface area contributed by atoms with Crippen LogP contribution in [0.4, 0.5) is 0 Å². The quantitative estimate of drug-likeness (QED) is 0.575. The minimum absolute atomic E-state index is 0.800. The molecule has 1 N–H and O–H groups in total. The summed E-state index contributed by atoms with van der Waals surface area (Å²) in [6.07, 6.45) is 6.02. The summed E-state index contributed by atoms with van der Waals surface area (Å²) in [6, 6.07) is 0. The van der Waals surface area contributed by atoms with E-state index in [1.807, 2.05) is 32.1 Å². The van der Waals surface area contributed by atoms with Crippen molar-refractivity contribution >= 4 is 48.3 Å². The van der Waals surface area contributed by atoms with Crippen LogP contribution in [0.2, 0.25) is 0 Å². The van der Waals surface area contributed by atoms with E-state index in [2.05, 4.69) is 17.6 Å². The number of thiol groups is 1. The molecule has 1 rings (SSSR count). The zero-order valence-corrected chi connectivity index (χ0v) is 10.0. The fraction of sp³-hybridized carbons (Fsp3) is 0.222. The molecule has 0 aliphatic rings. The van der Waals surface area contributed by atoms with Gasteiger partial charge in [0.15, 0.2) is 3.95 Å². The Kier molecular flexibility index (Phi) is 3.96. The van der Waals surface area contributed by atoms with Gasteiger partial charge in [-0.3, -0.25) is 0 Å². The lowest BCUT2D eigenvalue weighted by molar-refractivity contribution is 1.35. The fourth-order valence-corrected chi connectivity index (χ4v) is 2.24. The van der Waals surface area contributed by atoms with E-state index in [9.17, 15) is 0 Å². The smallest absolute Gasteiger partial charge is 0.159 e. The first kappa shape index (κ1) is 10.8. The largest absolute Gasteiger partial charge is 0.337 e. The molecule has 4 heteroatoms. The molecule has 0 fully saturated rings. The molecule has 0 atom stereocenters. The van der Waals surface area contributed by atoms with Gasteiger partial charge >= 0.3 is 0 Å². The van der Waals surface area contributed by atoms with Gasteiger partial charge in [0.05, 0.1) is 10.6 Å². The van der Waals surface area contributed by atoms with Crippen LogP contribution in [0.5, 0.6) is 0 Å². The van der Waals surface area contributed by atoms with Crippen molar-refractivity contribution in [1.82, 2.24) is 4.98 Å². The van der Waals surface area contributed by atoms with Crippen LogP contribution in [0, 0.1) is 3.95 Å². The third kappa shape index (κ3) is 3.14. The van der Waals surface area contributed by atoms with Crippen molar-refractivity contribution in [3.8, 4) is 0 Å². The molecule has 0 aromatic carbocycles. The number of H-pyrrole nitrogens is 1. The maximum absolute atomic E-state index is 5.06. The maximum atomic E-state index is 5.06. The van der Waals surface area contributed by atoms with E-state index in [4.69, 9.17) is 12.2 Å². The molecule has 1 aromatic heterocycles. The summed E-state index contributed by atoms with van der Waals surface area (Å²) in [5.41, 5.74) is 1.04. The summed E-state index contributed by atoms with van der Waals surface area (Å²) in [5.74, 6) is 0. The Morgan fingerprint density at radius 2 is 2.31 bits per heavy atom. The average molecular weight is 229 g/mol. The van der Waals surface area contributed by atoms with Crippen LogP contribution in [0.3, 0.4) is 0 Å². The van der Waals surface area contributed by atoms with Crippen molar-refractivity contribution in [1.29, 1.82) is 0 Å². The molecule has 0 saturated heterocycles. The van der Waals surface area contributed by atoms with Crippen molar-refractivity contribution in [3.05, 3.63) is 25.5 Å². The van der Waals surface area contributed by atoms with Crippen molar-refractivity contribution in [2.24, 2.45) is 0 Å². The van der Waals surface area contributed by atoms with E-state index >= 15 is 0 Å². The van der Waals surface area contributed by atoms with Gasteiger partial charge < -0.3 is 4.98 Å². The minimum atomic E-state index is 0.800. The number of allylic oxidation sites excluding steroid dienone is 2. The minimum Gasteiger partial charge on any atom is -0.337 e. The normalized spacial score (nSPS) is 12.7. The molecular weight excluding hydrogens is 218 g/mol. The second-order valence-corrected chi connectivity index (χ2v) is 5.00. The monoisotopic (exact) mass is 229 g/mol. The number of hydrogen-bond acceptors (Lipinski definition) is 3. The van der Waals surface area contributed by atoms with Gasteiger partial charge in [-0.05, 0) is 43.1 Å². The summed E-state index contributed by atoms with van der Waals surface area (Å²) in [7, 11) is 0. The molecular formula is C9H11NS3. The van der Waals surface area contributed by atoms with Gasteiger partial charge in [-0.15, -0.1) is 24.0 Å². The lowest BCUT2D eigenvalue weighted by Gasteiger charge is -1.91. The standard InChI is InChI=1S/C9H11NS3/c1-3-4-8-7(5-6(2)11)10-9(12)13-8/h3-5,11H,1-2H3,(H,10,12)/b4-3-,6-5+. The summed E-state index contributed by atoms with van der Waals surface area (Å²) in [4.78, 5) is 5.24. The first-order valence-electron chi connectivity index (χ1n) is 3.86. The van der Waals surface area contributed by atoms with Crippen molar-refractivity contribution < 1.29 is 0 Å². The van der Waals surface area contributed by atoms with Crippen LogP contribution in [0.15, 0.2) is 11.0 Å². The zero-order valence-electron chi connectivity index (χ0n) is 7.50. The molecule has 0 unspecified atom stereocenters. The number of thiazole rings is 1. The molecule has 0 spiro atoms. The Bertz CT molecular complexity index is 391. The highest BCUT2D eigenvalue weighted by molar-refractivity contribution is 7.84. The number of aromatic nitrogens is 1. The second-order valence-electron chi connectivity index (χ2n) is 2.58. The van der Waals surface area contributed by atoms with E-state index in [1.165, 1.54) is 0 Å². The first-order valence-corrected chi connectivity index (χ1v) is 5.53. The SMILES string of the molecule is C/C=C\c1sc(=S)[nH]c1/C=C(\C)S. The van der Waals surface area contributed by atoms with E-state index in [1.54, 1.807) is 11.3 Å². The first-order chi connectivity index (χ1) is 6.13. The highest BCUT2D eigenvalue weighted by Gasteiger charge is 1.99. The third-order valence-corrected chi connectivity index (χ3v) is 2.72. The van der Waals surface area contributed by atoms with Gasteiger partial charge in [0.2, 0.25) is 0 Å². The molecule has 0 amide bonds. The predicted octanol–water partition coefficient (Wildman–Crippen LogP) is 4.13. The molecule has 0 bridgehead atoms. The van der Waals surface area contributed by atoms with E-state index in [0.717, 1.165) is 19.4 Å². The lowest BCUT2D eigenvalue weighted by atomic mass is 10.3. The lowest BCUT2D eigenvalue weighted by Crippen LogP contribution is -1.75. The van der Waals surface area contributed by atoms with Crippen LogP contribution in [0.1, 0.15) is 24.4 Å². The van der Waals surface area contributed by atoms with Crippen LogP contribution in [0.25, 0.3) is 12.2 Å². The van der Waals surface area contributed by atoms with Crippen molar-refractivity contribution in [2.75, 3.05) is 0 Å². The van der Waals surface area contributed by atoms with Gasteiger partial charge in [0, 0.05) is 0 Å². The van der Waals surface area contributed by atoms with Crippen LogP contribution < -0.4 is 0 Å². The molecule has 0 radical (unpaired) electrons. The average Bonchev–Trinajstić information content (AvgIpc) is 2.31. The zero-order chi connectivity index (χ0) is 9.84. The maximum Gasteiger partial charge on any atom is 0.159 e. The summed E-state index contributed by atoms with van der Waals surface area (Å²) in [6.45, 7) is 3.93. The van der Waals surface area contributed by atoms with Gasteiger partial charge in [0.1, 0.15) is 0 Å². The fourth-order valence-electron chi connectivity index (χ4n) is 0.943. The molecule has 1 heterocycles. The summed E-state index contributed by atoms with van der Waals surface area (Å²) < 4.78 is 0.800. The Morgan fingerprint density at radius 1 is 1.62 bits per heavy atom. The summed E-state index contributed by atoms with van der Waals surface area (Å²) >= 11 is 10.9. The molecule has 0 aliphatic heterocycles. The number of rotatable bonds is 2. The number of aromatic amines is 1. The van der Waals surface area contributed by atoms with Gasteiger partial charge in [-0.2, -0.15) is 0 Å². The summed E-state index contributed by atoms with van der Waals surface area (Å²) in [5, 5.41) is 0. The van der Waals surface area contributed by atoms with Gasteiger partial charge in [-0.1, -0.05) is 6.08 Å². The van der Waals surface area contributed by atoms with Crippen LogP contribution in [-0.4, -0.2) is 4.98 Å². The Balaban J connectivity index is 3.19. The highest BCUT2D eigenvalue weighted by Crippen LogP contribution is 2.20. The van der Waals surface area contributed by atoms with Gasteiger partial charge in [0.25, 0.3) is 0 Å². The third-order valence-electron chi connectivity index (χ3n) is 1.38. The number of hydrogen-bond donors (Lipinski definition) is 2. The Hall–Kier alpha value is -0.320. The van der Waals surface area contributed by atoms with Crippen LogP contribution in [-0.2, 0) is 0 Å². The van der Waals surface area contributed by atoms with E-state index in [-0.39, 0.29) is 0 Å². The Morgan fingerprint density at radius 3 is 2.85 bits per heavy atom. The van der Waals surface area contributed by atoms with E-state index < -0.39 is 0 Å². The Labute approximate surface area is 92.6 Å². The molecule has 13 heavy (non-hydrogen) atoms. The highest BCUT2D eigenvalue weighted by atomic mass is 32.1.